The van der Waals surface area contributed by atoms with Gasteiger partial charge in [0.25, 0.3) is 5.91 Å². The van der Waals surface area contributed by atoms with Crippen LogP contribution in [-0.4, -0.2) is 71.5 Å². The van der Waals surface area contributed by atoms with Crippen LogP contribution in [0.15, 0.2) is 24.4 Å². The van der Waals surface area contributed by atoms with Gasteiger partial charge in [-0.2, -0.15) is 0 Å². The molecule has 0 bridgehead atoms. The van der Waals surface area contributed by atoms with Crippen LogP contribution in [-0.2, 0) is 37.6 Å². The van der Waals surface area contributed by atoms with Crippen LogP contribution < -0.4 is 4.90 Å². The predicted octanol–water partition coefficient (Wildman–Crippen LogP) is 3.00. The first-order valence-corrected chi connectivity index (χ1v) is 17.2. The molecule has 4 atom stereocenters. The van der Waals surface area contributed by atoms with Gasteiger partial charge in [0.2, 0.25) is 0 Å². The summed E-state index contributed by atoms with van der Waals surface area (Å²) in [5.41, 5.74) is 1.06. The van der Waals surface area contributed by atoms with E-state index in [1.165, 1.54) is 7.11 Å². The van der Waals surface area contributed by atoms with Crippen molar-refractivity contribution in [1.29, 1.82) is 0 Å². The molecule has 1 aromatic carbocycles. The first-order chi connectivity index (χ1) is 18.0. The van der Waals surface area contributed by atoms with Crippen LogP contribution in [0, 0.1) is 9.49 Å². The molecule has 1 amide bonds. The summed E-state index contributed by atoms with van der Waals surface area (Å²) in [7, 11) is -1.37. The quantitative estimate of drug-likeness (QED) is 0.164. The largest absolute Gasteiger partial charge is 0.469 e. The zero-order valence-corrected chi connectivity index (χ0v) is 25.6. The van der Waals surface area contributed by atoms with Gasteiger partial charge in [0.15, 0.2) is 13.9 Å². The molecule has 1 aromatic heterocycles. The lowest BCUT2D eigenvalue weighted by molar-refractivity contribution is -0.146. The van der Waals surface area contributed by atoms with Gasteiger partial charge in [-0.15, -0.1) is 5.10 Å². The van der Waals surface area contributed by atoms with E-state index in [1.807, 2.05) is 44.4 Å². The van der Waals surface area contributed by atoms with E-state index in [2.05, 4.69) is 32.9 Å². The maximum absolute atomic E-state index is 14.2. The second kappa shape index (κ2) is 11.7. The number of aromatic nitrogens is 3. The number of aliphatic hydroxyl groups is 1. The van der Waals surface area contributed by atoms with Crippen LogP contribution >= 0.6 is 22.6 Å². The van der Waals surface area contributed by atoms with E-state index in [9.17, 15) is 19.5 Å². The molecule has 2 aromatic rings. The highest BCUT2D eigenvalue weighted by Crippen LogP contribution is 2.59. The number of methoxy groups -OCH3 is 1. The summed E-state index contributed by atoms with van der Waals surface area (Å²) >= 11 is 2.26. The molecule has 0 saturated carbocycles. The van der Waals surface area contributed by atoms with Crippen LogP contribution in [0.5, 0.6) is 0 Å². The average Bonchev–Trinajstić information content (AvgIpc) is 3.50. The molecule has 0 radical (unpaired) electrons. The lowest BCUT2D eigenvalue weighted by Crippen LogP contribution is -2.46. The molecule has 2 aliphatic rings. The number of fused-ring (bicyclic) bond motifs is 2. The van der Waals surface area contributed by atoms with Crippen LogP contribution in [0.1, 0.15) is 43.9 Å². The van der Waals surface area contributed by atoms with E-state index in [0.29, 0.717) is 45.2 Å². The van der Waals surface area contributed by atoms with E-state index in [1.54, 1.807) is 9.58 Å². The van der Waals surface area contributed by atoms with Crippen molar-refractivity contribution in [2.75, 3.05) is 25.2 Å². The summed E-state index contributed by atoms with van der Waals surface area (Å²) in [6.45, 7) is 6.87. The fourth-order valence-corrected chi connectivity index (χ4v) is 9.21. The Hall–Kier alpha value is -1.87. The van der Waals surface area contributed by atoms with Crippen molar-refractivity contribution in [3.63, 3.8) is 0 Å². The van der Waals surface area contributed by atoms with Crippen molar-refractivity contribution in [1.82, 2.24) is 15.0 Å². The highest BCUT2D eigenvalue weighted by molar-refractivity contribution is 14.1. The number of hydrogen-bond acceptors (Lipinski definition) is 8. The molecule has 2 aliphatic heterocycles. The number of nitrogens with zero attached hydrogens (tertiary/aromatic N) is 4. The summed E-state index contributed by atoms with van der Waals surface area (Å²) in [5, 5.41) is 17.4. The molecular weight excluding hydrogens is 619 g/mol. The first-order valence-electron chi connectivity index (χ1n) is 13.1. The lowest BCUT2D eigenvalue weighted by Gasteiger charge is -2.32. The number of aliphatic hydroxyl groups excluding tert-OH is 1. The zero-order valence-electron chi connectivity index (χ0n) is 22.4. The Bertz CT molecular complexity index is 1170. The molecule has 12 heteroatoms. The first kappa shape index (κ1) is 29.1. The van der Waals surface area contributed by atoms with Gasteiger partial charge in [-0.25, -0.2) is 0 Å². The SMILES string of the molecule is COC(=O)CCCCN1C(=O)[C@@]2(O[C@@H](CCn3cc(CCO)nn3)[C@H]([Si](C)(C)O)[C@H]2C)c2cc(I)ccc21. The minimum atomic E-state index is -2.75. The third-order valence-corrected chi connectivity index (χ3v) is 11.0. The molecular formula is C26H37IN4O6Si. The van der Waals surface area contributed by atoms with Crippen molar-refractivity contribution in [2.45, 2.75) is 75.9 Å². The van der Waals surface area contributed by atoms with Crippen LogP contribution in [0.25, 0.3) is 0 Å². The molecule has 10 nitrogen and oxygen atoms in total. The molecule has 208 valence electrons. The molecule has 38 heavy (non-hydrogen) atoms. The van der Waals surface area contributed by atoms with Crippen LogP contribution in [0.2, 0.25) is 18.6 Å². The lowest BCUT2D eigenvalue weighted by atomic mass is 9.82. The monoisotopic (exact) mass is 656 g/mol. The predicted molar refractivity (Wildman–Crippen MR) is 152 cm³/mol. The molecule has 0 aliphatic carbocycles. The fraction of sp³-hybridized carbons (Fsp3) is 0.615. The maximum atomic E-state index is 14.2. The normalized spacial score (nSPS) is 24.9. The summed E-state index contributed by atoms with van der Waals surface area (Å²) in [6, 6.07) is 5.99. The number of esters is 1. The van der Waals surface area contributed by atoms with Crippen LogP contribution in [0.4, 0.5) is 5.69 Å². The van der Waals surface area contributed by atoms with Crippen molar-refractivity contribution >= 4 is 48.5 Å². The number of anilines is 1. The Kier molecular flexibility index (Phi) is 8.97. The van der Waals surface area contributed by atoms with Gasteiger partial charge in [-0.3, -0.25) is 14.3 Å². The van der Waals surface area contributed by atoms with E-state index >= 15 is 0 Å². The molecule has 1 fully saturated rings. The van der Waals surface area contributed by atoms with Gasteiger partial charge in [-0.1, -0.05) is 12.1 Å². The Morgan fingerprint density at radius 1 is 1.29 bits per heavy atom. The smallest absolute Gasteiger partial charge is 0.305 e. The van der Waals surface area contributed by atoms with Crippen molar-refractivity contribution in [2.24, 2.45) is 5.92 Å². The Morgan fingerprint density at radius 3 is 2.74 bits per heavy atom. The second-order valence-corrected chi connectivity index (χ2v) is 16.0. The number of hydrogen-bond donors (Lipinski definition) is 2. The number of amides is 1. The number of carbonyl (C=O) groups excluding carboxylic acids is 2. The molecule has 1 spiro atoms. The van der Waals surface area contributed by atoms with Crippen LogP contribution in [0.3, 0.4) is 0 Å². The van der Waals surface area contributed by atoms with Gasteiger partial charge in [0, 0.05) is 59.3 Å². The van der Waals surface area contributed by atoms with E-state index in [-0.39, 0.29) is 36.0 Å². The maximum Gasteiger partial charge on any atom is 0.305 e. The van der Waals surface area contributed by atoms with E-state index in [4.69, 9.17) is 9.47 Å². The van der Waals surface area contributed by atoms with Crippen molar-refractivity contribution in [3.8, 4) is 0 Å². The second-order valence-electron chi connectivity index (χ2n) is 10.7. The van der Waals surface area contributed by atoms with Gasteiger partial charge in [-0.05, 0) is 73.1 Å². The van der Waals surface area contributed by atoms with Gasteiger partial charge in [0.05, 0.1) is 24.6 Å². The summed E-state index contributed by atoms with van der Waals surface area (Å²) in [5.74, 6) is -0.588. The molecule has 2 N–H and O–H groups in total. The topological polar surface area (TPSA) is 127 Å². The minimum Gasteiger partial charge on any atom is -0.469 e. The fourth-order valence-electron chi connectivity index (χ4n) is 6.12. The Labute approximate surface area is 238 Å². The Balaban J connectivity index is 1.62. The van der Waals surface area contributed by atoms with Gasteiger partial charge < -0.3 is 24.3 Å². The van der Waals surface area contributed by atoms with E-state index in [0.717, 1.165) is 20.5 Å². The molecule has 4 rings (SSSR count). The third kappa shape index (κ3) is 5.55. The van der Waals surface area contributed by atoms with Gasteiger partial charge >= 0.3 is 5.97 Å². The number of halogens is 1. The van der Waals surface area contributed by atoms with Crippen molar-refractivity contribution < 1.29 is 29.0 Å². The Morgan fingerprint density at radius 2 is 2.05 bits per heavy atom. The van der Waals surface area contributed by atoms with Gasteiger partial charge in [0.1, 0.15) is 0 Å². The molecule has 0 unspecified atom stereocenters. The number of unbranched alkanes of at least 4 members (excludes halogenated alkanes) is 1. The van der Waals surface area contributed by atoms with E-state index < -0.39 is 13.9 Å². The third-order valence-electron chi connectivity index (χ3n) is 7.78. The standard InChI is InChI=1S/C26H37IN4O6Si/c1-17-24(38(3,4)35)22(10-13-30-16-19(11-14-32)28-29-30)37-26(17)20-15-18(27)8-9-21(20)31(25(26)34)12-6-5-7-23(33)36-2/h8-9,15-17,22,24,32,35H,5-7,10-14H2,1-4H3/t17-,22+,24-,26+/m1/s1. The summed E-state index contributed by atoms with van der Waals surface area (Å²) in [4.78, 5) is 39.0. The molecule has 3 heterocycles. The number of carbonyl (C=O) groups is 2. The number of rotatable bonds is 11. The summed E-state index contributed by atoms with van der Waals surface area (Å²) in [6.07, 6.45) is 4.09. The highest BCUT2D eigenvalue weighted by Gasteiger charge is 2.66. The number of benzene rings is 1. The summed E-state index contributed by atoms with van der Waals surface area (Å²) < 4.78 is 14.3. The highest BCUT2D eigenvalue weighted by atomic mass is 127. The zero-order chi connectivity index (χ0) is 27.7. The van der Waals surface area contributed by atoms with Crippen molar-refractivity contribution in [3.05, 3.63) is 39.2 Å². The number of aryl methyl sites for hydroxylation is 1. The minimum absolute atomic E-state index is 0.0103. The number of ether oxygens (including phenoxy) is 2. The molecule has 1 saturated heterocycles. The average molecular weight is 657 g/mol.